The highest BCUT2D eigenvalue weighted by Crippen LogP contribution is 2.35. The lowest BCUT2D eigenvalue weighted by Crippen LogP contribution is -2.16. The third-order valence-electron chi connectivity index (χ3n) is 3.04. The van der Waals surface area contributed by atoms with Crippen LogP contribution >= 0.6 is 23.1 Å². The fourth-order valence-corrected chi connectivity index (χ4v) is 3.24. The first kappa shape index (κ1) is 15.9. The quantitative estimate of drug-likeness (QED) is 0.760. The summed E-state index contributed by atoms with van der Waals surface area (Å²) in [6.45, 7) is 2.70. The second-order valence-electron chi connectivity index (χ2n) is 4.48. The molecule has 0 N–H and O–H groups in total. The zero-order valence-corrected chi connectivity index (χ0v) is 14.5. The summed E-state index contributed by atoms with van der Waals surface area (Å²) in [7, 11) is 5.32. The average molecular weight is 325 g/mol. The number of hydrogen-bond donors (Lipinski definition) is 0. The Morgan fingerprint density at radius 2 is 1.86 bits per heavy atom. The van der Waals surface area contributed by atoms with Crippen LogP contribution in [0.4, 0.5) is 5.13 Å². The highest BCUT2D eigenvalue weighted by molar-refractivity contribution is 7.98. The van der Waals surface area contributed by atoms with Crippen molar-refractivity contribution in [1.29, 1.82) is 0 Å². The van der Waals surface area contributed by atoms with Crippen molar-refractivity contribution >= 4 is 28.2 Å². The van der Waals surface area contributed by atoms with Crippen LogP contribution < -0.4 is 14.4 Å². The van der Waals surface area contributed by atoms with Crippen molar-refractivity contribution in [2.45, 2.75) is 18.4 Å². The van der Waals surface area contributed by atoms with Gasteiger partial charge in [0.25, 0.3) is 0 Å². The molecule has 0 saturated heterocycles. The number of hydrogen-bond acceptors (Lipinski definition) is 7. The zero-order chi connectivity index (χ0) is 15.4. The number of benzene rings is 1. The molecule has 21 heavy (non-hydrogen) atoms. The summed E-state index contributed by atoms with van der Waals surface area (Å²) in [6, 6.07) is 4.03. The van der Waals surface area contributed by atoms with Gasteiger partial charge in [0.15, 0.2) is 11.5 Å². The van der Waals surface area contributed by atoms with Crippen LogP contribution in [0.2, 0.25) is 0 Å². The van der Waals surface area contributed by atoms with Crippen molar-refractivity contribution in [2.24, 2.45) is 0 Å². The largest absolute Gasteiger partial charge is 0.493 e. The number of anilines is 1. The summed E-state index contributed by atoms with van der Waals surface area (Å²) >= 11 is 3.28. The third-order valence-corrected chi connectivity index (χ3v) is 4.81. The van der Waals surface area contributed by atoms with E-state index in [9.17, 15) is 0 Å². The molecule has 0 saturated carbocycles. The predicted molar refractivity (Wildman–Crippen MR) is 88.1 cm³/mol. The van der Waals surface area contributed by atoms with E-state index in [1.807, 2.05) is 26.1 Å². The van der Waals surface area contributed by atoms with Crippen molar-refractivity contribution in [3.63, 3.8) is 0 Å². The summed E-state index contributed by atoms with van der Waals surface area (Å²) in [4.78, 5) is 3.26. The van der Waals surface area contributed by atoms with Gasteiger partial charge in [-0.3, -0.25) is 0 Å². The van der Waals surface area contributed by atoms with Gasteiger partial charge < -0.3 is 14.4 Å². The molecule has 0 fully saturated rings. The van der Waals surface area contributed by atoms with E-state index in [0.29, 0.717) is 0 Å². The Hall–Kier alpha value is -1.47. The van der Waals surface area contributed by atoms with Crippen LogP contribution in [-0.2, 0) is 6.54 Å². The predicted octanol–water partition coefficient (Wildman–Crippen LogP) is 3.22. The molecular weight excluding hydrogens is 306 g/mol. The smallest absolute Gasteiger partial charge is 0.208 e. The Labute approximate surface area is 133 Å². The van der Waals surface area contributed by atoms with Crippen LogP contribution in [0.15, 0.2) is 17.0 Å². The highest BCUT2D eigenvalue weighted by Gasteiger charge is 2.14. The van der Waals surface area contributed by atoms with E-state index in [2.05, 4.69) is 21.4 Å². The number of aromatic nitrogens is 2. The van der Waals surface area contributed by atoms with Gasteiger partial charge in [-0.1, -0.05) is 11.3 Å². The lowest BCUT2D eigenvalue weighted by Gasteiger charge is -2.19. The van der Waals surface area contributed by atoms with Gasteiger partial charge in [-0.05, 0) is 30.9 Å². The molecule has 0 spiro atoms. The second-order valence-corrected chi connectivity index (χ2v) is 6.49. The van der Waals surface area contributed by atoms with Crippen LogP contribution in [0.25, 0.3) is 0 Å². The van der Waals surface area contributed by atoms with E-state index in [0.717, 1.165) is 28.2 Å². The molecule has 1 aromatic carbocycles. The number of aryl methyl sites for hydroxylation is 1. The van der Waals surface area contributed by atoms with Crippen LogP contribution in [0.5, 0.6) is 11.5 Å². The molecule has 0 radical (unpaired) electrons. The normalized spacial score (nSPS) is 10.5. The monoisotopic (exact) mass is 325 g/mol. The number of thioether (sulfide) groups is 1. The molecule has 1 aromatic heterocycles. The van der Waals surface area contributed by atoms with Gasteiger partial charge in [-0.15, -0.1) is 22.0 Å². The Kier molecular flexibility index (Phi) is 5.30. The van der Waals surface area contributed by atoms with Gasteiger partial charge in [0.2, 0.25) is 5.13 Å². The topological polar surface area (TPSA) is 47.5 Å². The maximum atomic E-state index is 5.39. The Morgan fingerprint density at radius 3 is 2.38 bits per heavy atom. The average Bonchev–Trinajstić information content (AvgIpc) is 2.93. The standard InChI is InChI=1S/C14H19N3O2S2/c1-9-15-16-14(21-9)17(2)8-10-6-11(18-3)12(19-4)7-13(10)20-5/h6-7H,8H2,1-5H3. The van der Waals surface area contributed by atoms with Gasteiger partial charge in [-0.2, -0.15) is 0 Å². The van der Waals surface area contributed by atoms with Crippen molar-refractivity contribution in [3.05, 3.63) is 22.7 Å². The maximum absolute atomic E-state index is 5.39. The van der Waals surface area contributed by atoms with Gasteiger partial charge >= 0.3 is 0 Å². The van der Waals surface area contributed by atoms with Gasteiger partial charge in [0.05, 0.1) is 14.2 Å². The summed E-state index contributed by atoms with van der Waals surface area (Å²) in [5.74, 6) is 1.49. The first-order valence-electron chi connectivity index (χ1n) is 6.39. The molecule has 7 heteroatoms. The molecule has 2 aromatic rings. The minimum atomic E-state index is 0.741. The number of ether oxygens (including phenoxy) is 2. The van der Waals surface area contributed by atoms with Crippen molar-refractivity contribution in [2.75, 3.05) is 32.4 Å². The van der Waals surface area contributed by atoms with Crippen molar-refractivity contribution in [1.82, 2.24) is 10.2 Å². The van der Waals surface area contributed by atoms with E-state index < -0.39 is 0 Å². The zero-order valence-electron chi connectivity index (χ0n) is 12.8. The van der Waals surface area contributed by atoms with E-state index in [1.54, 1.807) is 37.3 Å². The summed E-state index contributed by atoms with van der Waals surface area (Å²) < 4.78 is 10.7. The van der Waals surface area contributed by atoms with E-state index in [-0.39, 0.29) is 0 Å². The van der Waals surface area contributed by atoms with Crippen molar-refractivity contribution in [3.8, 4) is 11.5 Å². The molecule has 0 atom stereocenters. The molecule has 0 aliphatic carbocycles. The Balaban J connectivity index is 2.29. The summed E-state index contributed by atoms with van der Waals surface area (Å²) in [6.07, 6.45) is 2.06. The lowest BCUT2D eigenvalue weighted by atomic mass is 10.2. The molecule has 0 amide bonds. The van der Waals surface area contributed by atoms with Gasteiger partial charge in [0, 0.05) is 18.5 Å². The minimum absolute atomic E-state index is 0.741. The first-order valence-corrected chi connectivity index (χ1v) is 8.43. The van der Waals surface area contributed by atoms with Crippen LogP contribution in [0.1, 0.15) is 10.6 Å². The molecular formula is C14H19N3O2S2. The second kappa shape index (κ2) is 7.00. The fraction of sp³-hybridized carbons (Fsp3) is 0.429. The van der Waals surface area contributed by atoms with E-state index in [4.69, 9.17) is 9.47 Å². The molecule has 0 unspecified atom stereocenters. The van der Waals surface area contributed by atoms with Crippen molar-refractivity contribution < 1.29 is 9.47 Å². The SMILES string of the molecule is COc1cc(CN(C)c2nnc(C)s2)c(SC)cc1OC. The maximum Gasteiger partial charge on any atom is 0.208 e. The highest BCUT2D eigenvalue weighted by atomic mass is 32.2. The van der Waals surface area contributed by atoms with Gasteiger partial charge in [-0.25, -0.2) is 0 Å². The Morgan fingerprint density at radius 1 is 1.19 bits per heavy atom. The molecule has 1 heterocycles. The minimum Gasteiger partial charge on any atom is -0.493 e. The molecule has 0 aliphatic rings. The number of methoxy groups -OCH3 is 2. The summed E-state index contributed by atoms with van der Waals surface area (Å²) in [5.41, 5.74) is 1.18. The molecule has 114 valence electrons. The molecule has 5 nitrogen and oxygen atoms in total. The van der Waals surface area contributed by atoms with Crippen LogP contribution in [0, 0.1) is 6.92 Å². The van der Waals surface area contributed by atoms with E-state index >= 15 is 0 Å². The Bertz CT molecular complexity index is 616. The molecule has 2 rings (SSSR count). The van der Waals surface area contributed by atoms with Gasteiger partial charge in [0.1, 0.15) is 5.01 Å². The lowest BCUT2D eigenvalue weighted by molar-refractivity contribution is 0.353. The number of rotatable bonds is 6. The van der Waals surface area contributed by atoms with Crippen LogP contribution in [0.3, 0.4) is 0 Å². The van der Waals surface area contributed by atoms with Crippen LogP contribution in [-0.4, -0.2) is 37.7 Å². The van der Waals surface area contributed by atoms with E-state index in [1.165, 1.54) is 10.5 Å². The summed E-state index contributed by atoms with van der Waals surface area (Å²) in [5, 5.41) is 10.1. The number of nitrogens with zero attached hydrogens (tertiary/aromatic N) is 3. The first-order chi connectivity index (χ1) is 10.1. The third kappa shape index (κ3) is 3.59. The molecule has 0 aliphatic heterocycles. The fourth-order valence-electron chi connectivity index (χ4n) is 1.98. The molecule has 0 bridgehead atoms.